The first-order valence-electron chi connectivity index (χ1n) is 7.19. The van der Waals surface area contributed by atoms with Crippen molar-refractivity contribution in [3.05, 3.63) is 35.4 Å². The molecule has 2 rings (SSSR count). The number of ketones is 1. The molecule has 1 fully saturated rings. The highest BCUT2D eigenvalue weighted by atomic mass is 19.1. The lowest BCUT2D eigenvalue weighted by molar-refractivity contribution is -0.120. The molecular weight excluding hydrogens is 260 g/mol. The zero-order valence-electron chi connectivity index (χ0n) is 11.8. The van der Waals surface area contributed by atoms with Crippen molar-refractivity contribution in [1.82, 2.24) is 5.32 Å². The van der Waals surface area contributed by atoms with E-state index in [1.54, 1.807) is 0 Å². The van der Waals surface area contributed by atoms with Gasteiger partial charge in [0.05, 0.1) is 0 Å². The number of hydrogen-bond acceptors (Lipinski definition) is 2. The third-order valence-corrected chi connectivity index (χ3v) is 4.27. The van der Waals surface area contributed by atoms with Crippen molar-refractivity contribution in [2.75, 3.05) is 7.05 Å². The van der Waals surface area contributed by atoms with E-state index in [1.807, 2.05) is 7.05 Å². The first-order chi connectivity index (χ1) is 9.54. The molecule has 0 radical (unpaired) electrons. The van der Waals surface area contributed by atoms with Crippen LogP contribution in [0.15, 0.2) is 18.2 Å². The fourth-order valence-electron chi connectivity index (χ4n) is 3.07. The smallest absolute Gasteiger partial charge is 0.139 e. The molecule has 2 nitrogen and oxygen atoms in total. The second-order valence-corrected chi connectivity index (χ2v) is 5.72. The van der Waals surface area contributed by atoms with Crippen LogP contribution in [0, 0.1) is 11.6 Å². The van der Waals surface area contributed by atoms with Crippen LogP contribution >= 0.6 is 0 Å². The summed E-state index contributed by atoms with van der Waals surface area (Å²) in [6, 6.07) is 3.26. The number of halogens is 2. The number of hydrogen-bond donors (Lipinski definition) is 1. The van der Waals surface area contributed by atoms with Crippen molar-refractivity contribution in [2.24, 2.45) is 0 Å². The van der Waals surface area contributed by atoms with E-state index < -0.39 is 11.6 Å². The number of benzene rings is 1. The Kier molecular flexibility index (Phi) is 4.86. The van der Waals surface area contributed by atoms with Gasteiger partial charge in [0.25, 0.3) is 0 Å². The summed E-state index contributed by atoms with van der Waals surface area (Å²) in [6.07, 6.45) is 5.73. The molecule has 0 heterocycles. The summed E-state index contributed by atoms with van der Waals surface area (Å²) in [4.78, 5) is 12.2. The molecule has 0 aliphatic heterocycles. The Hall–Kier alpha value is -1.29. The zero-order chi connectivity index (χ0) is 14.6. The molecule has 20 heavy (non-hydrogen) atoms. The minimum atomic E-state index is -0.512. The maximum absolute atomic E-state index is 13.6. The van der Waals surface area contributed by atoms with Crippen LogP contribution in [0.25, 0.3) is 0 Å². The van der Waals surface area contributed by atoms with E-state index in [9.17, 15) is 13.6 Å². The third kappa shape index (κ3) is 3.63. The minimum absolute atomic E-state index is 0.0347. The minimum Gasteiger partial charge on any atom is -0.314 e. The fourth-order valence-corrected chi connectivity index (χ4v) is 3.07. The number of carbonyl (C=O) groups excluding carboxylic acids is 1. The maximum Gasteiger partial charge on any atom is 0.139 e. The van der Waals surface area contributed by atoms with Crippen LogP contribution in [0.5, 0.6) is 0 Å². The van der Waals surface area contributed by atoms with E-state index in [2.05, 4.69) is 5.32 Å². The Labute approximate surface area is 118 Å². The van der Waals surface area contributed by atoms with Gasteiger partial charge < -0.3 is 5.32 Å². The SMILES string of the molecule is CNC1(CC(=O)Cc2cc(F)ccc2F)CCCCC1. The van der Waals surface area contributed by atoms with Gasteiger partial charge in [0.1, 0.15) is 17.4 Å². The molecule has 1 N–H and O–H groups in total. The van der Waals surface area contributed by atoms with Crippen LogP contribution in [-0.4, -0.2) is 18.4 Å². The maximum atomic E-state index is 13.6. The van der Waals surface area contributed by atoms with E-state index in [1.165, 1.54) is 6.42 Å². The van der Waals surface area contributed by atoms with E-state index in [-0.39, 0.29) is 23.3 Å². The number of carbonyl (C=O) groups is 1. The van der Waals surface area contributed by atoms with Crippen molar-refractivity contribution >= 4 is 5.78 Å². The summed E-state index contributed by atoms with van der Waals surface area (Å²) in [5.41, 5.74) is -0.00358. The summed E-state index contributed by atoms with van der Waals surface area (Å²) in [5.74, 6) is -1.05. The molecule has 1 aliphatic carbocycles. The molecule has 110 valence electrons. The van der Waals surface area contributed by atoms with Gasteiger partial charge in [-0.25, -0.2) is 8.78 Å². The van der Waals surface area contributed by atoms with Gasteiger partial charge in [-0.3, -0.25) is 4.79 Å². The molecule has 0 saturated heterocycles. The molecule has 1 saturated carbocycles. The second-order valence-electron chi connectivity index (χ2n) is 5.72. The van der Waals surface area contributed by atoms with Gasteiger partial charge in [-0.2, -0.15) is 0 Å². The lowest BCUT2D eigenvalue weighted by atomic mass is 9.77. The average Bonchev–Trinajstić information content (AvgIpc) is 2.44. The van der Waals surface area contributed by atoms with E-state index in [0.717, 1.165) is 43.9 Å². The highest BCUT2D eigenvalue weighted by Gasteiger charge is 2.32. The van der Waals surface area contributed by atoms with E-state index in [0.29, 0.717) is 6.42 Å². The highest BCUT2D eigenvalue weighted by Crippen LogP contribution is 2.31. The molecule has 1 aromatic rings. The molecule has 0 aromatic heterocycles. The van der Waals surface area contributed by atoms with E-state index in [4.69, 9.17) is 0 Å². The first-order valence-corrected chi connectivity index (χ1v) is 7.19. The monoisotopic (exact) mass is 281 g/mol. The Morgan fingerprint density at radius 3 is 2.60 bits per heavy atom. The third-order valence-electron chi connectivity index (χ3n) is 4.27. The predicted octanol–water partition coefficient (Wildman–Crippen LogP) is 3.39. The Morgan fingerprint density at radius 1 is 1.25 bits per heavy atom. The molecule has 0 unspecified atom stereocenters. The van der Waals surface area contributed by atoms with Crippen LogP contribution in [0.4, 0.5) is 8.78 Å². The van der Waals surface area contributed by atoms with Crippen molar-refractivity contribution in [1.29, 1.82) is 0 Å². The van der Waals surface area contributed by atoms with Crippen molar-refractivity contribution < 1.29 is 13.6 Å². The quantitative estimate of drug-likeness (QED) is 0.896. The number of nitrogens with one attached hydrogen (secondary N) is 1. The van der Waals surface area contributed by atoms with Gasteiger partial charge in [-0.1, -0.05) is 19.3 Å². The van der Waals surface area contributed by atoms with Crippen molar-refractivity contribution in [3.63, 3.8) is 0 Å². The molecule has 0 spiro atoms. The molecule has 1 aliphatic rings. The van der Waals surface area contributed by atoms with Crippen molar-refractivity contribution in [3.8, 4) is 0 Å². The Balaban J connectivity index is 2.02. The van der Waals surface area contributed by atoms with Crippen molar-refractivity contribution in [2.45, 2.75) is 50.5 Å². The summed E-state index contributed by atoms with van der Waals surface area (Å²) in [7, 11) is 1.88. The van der Waals surface area contributed by atoms with Gasteiger partial charge >= 0.3 is 0 Å². The Bertz CT molecular complexity index is 481. The lowest BCUT2D eigenvalue weighted by Gasteiger charge is -2.36. The summed E-state index contributed by atoms with van der Waals surface area (Å²) < 4.78 is 26.7. The van der Waals surface area contributed by atoms with Gasteiger partial charge in [0.15, 0.2) is 0 Å². The second kappa shape index (κ2) is 6.44. The Morgan fingerprint density at radius 2 is 1.95 bits per heavy atom. The molecule has 4 heteroatoms. The van der Waals surface area contributed by atoms with E-state index >= 15 is 0 Å². The molecule has 0 bridgehead atoms. The summed E-state index contributed by atoms with van der Waals surface area (Å²) >= 11 is 0. The topological polar surface area (TPSA) is 29.1 Å². The first kappa shape index (κ1) is 15.1. The molecule has 0 atom stereocenters. The van der Waals surface area contributed by atoms with Gasteiger partial charge in [-0.05, 0) is 43.7 Å². The summed E-state index contributed by atoms with van der Waals surface area (Å²) in [5, 5.41) is 3.27. The van der Waals surface area contributed by atoms with Crippen LogP contribution in [0.3, 0.4) is 0 Å². The lowest BCUT2D eigenvalue weighted by Crippen LogP contribution is -2.46. The average molecular weight is 281 g/mol. The molecular formula is C16H21F2NO. The fraction of sp³-hybridized carbons (Fsp3) is 0.562. The normalized spacial score (nSPS) is 17.9. The summed E-state index contributed by atoms with van der Waals surface area (Å²) in [6.45, 7) is 0. The highest BCUT2D eigenvalue weighted by molar-refractivity contribution is 5.82. The number of Topliss-reactive ketones (excluding diaryl/α,β-unsaturated/α-hetero) is 1. The molecule has 0 amide bonds. The number of rotatable bonds is 5. The van der Waals surface area contributed by atoms with Crippen LogP contribution < -0.4 is 5.32 Å². The van der Waals surface area contributed by atoms with Gasteiger partial charge in [0, 0.05) is 18.4 Å². The van der Waals surface area contributed by atoms with Crippen LogP contribution in [0.1, 0.15) is 44.1 Å². The predicted molar refractivity (Wildman–Crippen MR) is 74.6 cm³/mol. The van der Waals surface area contributed by atoms with Crippen LogP contribution in [-0.2, 0) is 11.2 Å². The van der Waals surface area contributed by atoms with Gasteiger partial charge in [-0.15, -0.1) is 0 Å². The molecule has 1 aromatic carbocycles. The zero-order valence-corrected chi connectivity index (χ0v) is 11.8. The van der Waals surface area contributed by atoms with Gasteiger partial charge in [0.2, 0.25) is 0 Å². The largest absolute Gasteiger partial charge is 0.314 e. The standard InChI is InChI=1S/C16H21F2NO/c1-19-16(7-3-2-4-8-16)11-14(20)10-12-9-13(17)5-6-15(12)18/h5-6,9,19H,2-4,7-8,10-11H2,1H3. The van der Waals surface area contributed by atoms with Crippen LogP contribution in [0.2, 0.25) is 0 Å².